The minimum atomic E-state index is -0.624. The summed E-state index contributed by atoms with van der Waals surface area (Å²) in [5.74, 6) is -0.472. The first kappa shape index (κ1) is 23.7. The van der Waals surface area contributed by atoms with Gasteiger partial charge in [0.1, 0.15) is 5.75 Å². The Balaban J connectivity index is 1.52. The third-order valence-electron chi connectivity index (χ3n) is 5.90. The van der Waals surface area contributed by atoms with Gasteiger partial charge in [-0.3, -0.25) is 19.5 Å². The average molecular weight is 440 g/mol. The van der Waals surface area contributed by atoms with Crippen molar-refractivity contribution < 1.29 is 14.3 Å². The van der Waals surface area contributed by atoms with Crippen LogP contribution in [0.25, 0.3) is 0 Å². The summed E-state index contributed by atoms with van der Waals surface area (Å²) in [6.07, 6.45) is 4.16. The van der Waals surface area contributed by atoms with E-state index in [1.807, 2.05) is 42.6 Å². The Labute approximate surface area is 190 Å². The number of piperazine rings is 1. The van der Waals surface area contributed by atoms with Crippen LogP contribution in [0.2, 0.25) is 0 Å². The molecule has 2 N–H and O–H groups in total. The lowest BCUT2D eigenvalue weighted by Crippen LogP contribution is -2.50. The quantitative estimate of drug-likeness (QED) is 0.572. The van der Waals surface area contributed by atoms with Crippen LogP contribution in [0, 0.1) is 0 Å². The molecule has 0 spiro atoms. The first-order chi connectivity index (χ1) is 15.6. The summed E-state index contributed by atoms with van der Waals surface area (Å²) >= 11 is 0. The number of carbonyl (C=O) groups excluding carboxylic acids is 2. The Hall–Kier alpha value is -2.97. The number of hydrogen-bond acceptors (Lipinski definition) is 6. The highest BCUT2D eigenvalue weighted by Crippen LogP contribution is 2.21. The zero-order valence-corrected chi connectivity index (χ0v) is 18.9. The zero-order chi connectivity index (χ0) is 22.8. The number of nitrogens with one attached hydrogen (secondary N) is 2. The third-order valence-corrected chi connectivity index (χ3v) is 5.90. The SMILES string of the molecule is CCN1CCN([C@@H](CNC(=O)C(=O)NCCc2ccccc2OC)c2cccnc2)CC1. The van der Waals surface area contributed by atoms with Gasteiger partial charge in [0.2, 0.25) is 0 Å². The fourth-order valence-electron chi connectivity index (χ4n) is 3.99. The van der Waals surface area contributed by atoms with Gasteiger partial charge >= 0.3 is 11.8 Å². The predicted octanol–water partition coefficient (Wildman–Crippen LogP) is 1.24. The number of para-hydroxylation sites is 1. The predicted molar refractivity (Wildman–Crippen MR) is 123 cm³/mol. The summed E-state index contributed by atoms with van der Waals surface area (Å²) in [5, 5.41) is 5.52. The maximum atomic E-state index is 12.4. The molecule has 1 aromatic heterocycles. The van der Waals surface area contributed by atoms with Crippen LogP contribution >= 0.6 is 0 Å². The number of methoxy groups -OCH3 is 1. The molecule has 1 fully saturated rings. The van der Waals surface area contributed by atoms with Crippen molar-refractivity contribution in [2.24, 2.45) is 0 Å². The molecule has 172 valence electrons. The number of rotatable bonds is 9. The number of hydrogen-bond donors (Lipinski definition) is 2. The standard InChI is InChI=1S/C24H33N5O3/c1-3-28-13-15-29(16-14-28)21(20-8-6-11-25-17-20)18-27-24(31)23(30)26-12-10-19-7-4-5-9-22(19)32-2/h4-9,11,17,21H,3,10,12-16,18H2,1-2H3,(H,26,30)(H,27,31)/t21-/m0/s1. The van der Waals surface area contributed by atoms with Gasteiger partial charge in [-0.15, -0.1) is 0 Å². The van der Waals surface area contributed by atoms with Gasteiger partial charge in [0.25, 0.3) is 0 Å². The Kier molecular flexibility index (Phi) is 9.01. The van der Waals surface area contributed by atoms with E-state index in [1.165, 1.54) is 0 Å². The Morgan fingerprint density at radius 3 is 2.50 bits per heavy atom. The van der Waals surface area contributed by atoms with Gasteiger partial charge in [-0.25, -0.2) is 0 Å². The van der Waals surface area contributed by atoms with E-state index in [0.717, 1.165) is 49.6 Å². The second-order valence-electron chi connectivity index (χ2n) is 7.80. The summed E-state index contributed by atoms with van der Waals surface area (Å²) in [6.45, 7) is 7.73. The van der Waals surface area contributed by atoms with Gasteiger partial charge in [-0.2, -0.15) is 0 Å². The molecule has 2 heterocycles. The van der Waals surface area contributed by atoms with Gasteiger partial charge in [-0.05, 0) is 36.2 Å². The lowest BCUT2D eigenvalue weighted by atomic mass is 10.1. The van der Waals surface area contributed by atoms with Crippen molar-refractivity contribution in [1.29, 1.82) is 0 Å². The molecule has 1 atom stereocenters. The van der Waals surface area contributed by atoms with Crippen molar-refractivity contribution in [2.45, 2.75) is 19.4 Å². The molecule has 8 nitrogen and oxygen atoms in total. The first-order valence-electron chi connectivity index (χ1n) is 11.2. The molecular formula is C24H33N5O3. The Morgan fingerprint density at radius 1 is 1.06 bits per heavy atom. The van der Waals surface area contributed by atoms with Crippen LogP contribution in [0.15, 0.2) is 48.8 Å². The van der Waals surface area contributed by atoms with E-state index >= 15 is 0 Å². The Morgan fingerprint density at radius 2 is 1.81 bits per heavy atom. The number of amides is 2. The minimum Gasteiger partial charge on any atom is -0.496 e. The summed E-state index contributed by atoms with van der Waals surface area (Å²) in [7, 11) is 1.62. The van der Waals surface area contributed by atoms with Crippen molar-refractivity contribution >= 4 is 11.8 Å². The molecular weight excluding hydrogens is 406 g/mol. The van der Waals surface area contributed by atoms with Crippen LogP contribution < -0.4 is 15.4 Å². The number of aromatic nitrogens is 1. The van der Waals surface area contributed by atoms with Crippen LogP contribution in [0.1, 0.15) is 24.1 Å². The molecule has 1 aromatic carbocycles. The largest absolute Gasteiger partial charge is 0.496 e. The summed E-state index contributed by atoms with van der Waals surface area (Å²) in [4.78, 5) is 33.7. The summed E-state index contributed by atoms with van der Waals surface area (Å²) in [6, 6.07) is 11.5. The van der Waals surface area contributed by atoms with Crippen molar-refractivity contribution in [3.63, 3.8) is 0 Å². The van der Waals surface area contributed by atoms with Crippen LogP contribution in [0.4, 0.5) is 0 Å². The van der Waals surface area contributed by atoms with E-state index in [-0.39, 0.29) is 6.04 Å². The Bertz CT molecular complexity index is 869. The average Bonchev–Trinajstić information content (AvgIpc) is 2.85. The van der Waals surface area contributed by atoms with Gasteiger partial charge in [0.05, 0.1) is 13.2 Å². The molecule has 1 aliphatic heterocycles. The molecule has 0 aliphatic carbocycles. The van der Waals surface area contributed by atoms with Gasteiger partial charge in [0, 0.05) is 51.7 Å². The summed E-state index contributed by atoms with van der Waals surface area (Å²) in [5.41, 5.74) is 2.02. The molecule has 1 saturated heterocycles. The van der Waals surface area contributed by atoms with Gasteiger partial charge in [0.15, 0.2) is 0 Å². The van der Waals surface area contributed by atoms with E-state index in [4.69, 9.17) is 4.74 Å². The van der Waals surface area contributed by atoms with Crippen LogP contribution in [0.3, 0.4) is 0 Å². The normalized spacial score (nSPS) is 15.7. The lowest BCUT2D eigenvalue weighted by Gasteiger charge is -2.39. The van der Waals surface area contributed by atoms with Crippen molar-refractivity contribution in [1.82, 2.24) is 25.4 Å². The van der Waals surface area contributed by atoms with E-state index in [1.54, 1.807) is 13.3 Å². The lowest BCUT2D eigenvalue weighted by molar-refractivity contribution is -0.139. The molecule has 2 amide bonds. The van der Waals surface area contributed by atoms with Crippen molar-refractivity contribution in [3.8, 4) is 5.75 Å². The fraction of sp³-hybridized carbons (Fsp3) is 0.458. The highest BCUT2D eigenvalue weighted by Gasteiger charge is 2.26. The number of likely N-dealkylation sites (N-methyl/N-ethyl adjacent to an activating group) is 1. The maximum absolute atomic E-state index is 12.4. The van der Waals surface area contributed by atoms with Crippen molar-refractivity contribution in [3.05, 3.63) is 59.9 Å². The second-order valence-corrected chi connectivity index (χ2v) is 7.80. The summed E-state index contributed by atoms with van der Waals surface area (Å²) < 4.78 is 5.32. The molecule has 8 heteroatoms. The highest BCUT2D eigenvalue weighted by molar-refractivity contribution is 6.35. The number of carbonyl (C=O) groups is 2. The maximum Gasteiger partial charge on any atom is 0.309 e. The third kappa shape index (κ3) is 6.51. The van der Waals surface area contributed by atoms with Crippen LogP contribution in [0.5, 0.6) is 5.75 Å². The topological polar surface area (TPSA) is 86.8 Å². The van der Waals surface area contributed by atoms with E-state index in [2.05, 4.69) is 32.3 Å². The molecule has 0 unspecified atom stereocenters. The van der Waals surface area contributed by atoms with Gasteiger partial charge in [-0.1, -0.05) is 31.2 Å². The molecule has 1 aliphatic rings. The molecule has 3 rings (SSSR count). The monoisotopic (exact) mass is 439 g/mol. The van der Waals surface area contributed by atoms with Crippen molar-refractivity contribution in [2.75, 3.05) is 52.9 Å². The molecule has 0 radical (unpaired) electrons. The van der Waals surface area contributed by atoms with Crippen LogP contribution in [-0.2, 0) is 16.0 Å². The molecule has 2 aromatic rings. The van der Waals surface area contributed by atoms with Gasteiger partial charge < -0.3 is 20.3 Å². The number of pyridine rings is 1. The molecule has 0 saturated carbocycles. The number of ether oxygens (including phenoxy) is 1. The first-order valence-corrected chi connectivity index (χ1v) is 11.2. The van der Waals surface area contributed by atoms with E-state index < -0.39 is 11.8 Å². The molecule has 0 bridgehead atoms. The number of nitrogens with zero attached hydrogens (tertiary/aromatic N) is 3. The highest BCUT2D eigenvalue weighted by atomic mass is 16.5. The molecule has 32 heavy (non-hydrogen) atoms. The number of benzene rings is 1. The minimum absolute atomic E-state index is 0.0203. The van der Waals surface area contributed by atoms with Crippen LogP contribution in [-0.4, -0.2) is 79.5 Å². The zero-order valence-electron chi connectivity index (χ0n) is 18.9. The second kappa shape index (κ2) is 12.2. The van der Waals surface area contributed by atoms with E-state index in [0.29, 0.717) is 19.5 Å². The fourth-order valence-corrected chi connectivity index (χ4v) is 3.99. The van der Waals surface area contributed by atoms with E-state index in [9.17, 15) is 9.59 Å². The smallest absolute Gasteiger partial charge is 0.309 e.